The van der Waals surface area contributed by atoms with Gasteiger partial charge in [-0.15, -0.1) is 0 Å². The zero-order chi connectivity index (χ0) is 20.1. The minimum Gasteiger partial charge on any atom is -0.493 e. The van der Waals surface area contributed by atoms with Gasteiger partial charge in [0.2, 0.25) is 0 Å². The van der Waals surface area contributed by atoms with Crippen molar-refractivity contribution in [3.63, 3.8) is 0 Å². The van der Waals surface area contributed by atoms with E-state index in [-0.39, 0.29) is 11.9 Å². The predicted octanol–water partition coefficient (Wildman–Crippen LogP) is 4.85. The van der Waals surface area contributed by atoms with Crippen LogP contribution in [-0.2, 0) is 6.42 Å². The van der Waals surface area contributed by atoms with Gasteiger partial charge in [0.15, 0.2) is 11.5 Å². The van der Waals surface area contributed by atoms with Gasteiger partial charge in [0.05, 0.1) is 19.3 Å². The molecule has 150 valence electrons. The van der Waals surface area contributed by atoms with E-state index in [0.717, 1.165) is 29.4 Å². The molecule has 3 rings (SSSR count). The fourth-order valence-electron chi connectivity index (χ4n) is 3.59. The van der Waals surface area contributed by atoms with Gasteiger partial charge < -0.3 is 20.1 Å². The number of fused-ring (bicyclic) bond motifs is 1. The molecule has 1 aliphatic heterocycles. The summed E-state index contributed by atoms with van der Waals surface area (Å²) in [6.45, 7) is 2.66. The number of halogens is 1. The van der Waals surface area contributed by atoms with E-state index in [0.29, 0.717) is 29.4 Å². The van der Waals surface area contributed by atoms with Crippen molar-refractivity contribution in [3.05, 3.63) is 47.5 Å². The molecule has 0 unspecified atom stereocenters. The third-order valence-corrected chi connectivity index (χ3v) is 5.79. The van der Waals surface area contributed by atoms with E-state index in [1.807, 2.05) is 23.1 Å². The number of hydrogen-bond donors (Lipinski definition) is 1. The number of nitrogens with two attached hydrogens (primary N) is 1. The number of carbonyl (C=O) groups is 1. The fraction of sp³-hybridized carbons (Fsp3) is 0.409. The predicted molar refractivity (Wildman–Crippen MR) is 122 cm³/mol. The molecule has 2 aromatic rings. The molecule has 2 aromatic carbocycles. The molecule has 0 spiro atoms. The highest BCUT2D eigenvalue weighted by atomic mass is 127. The largest absolute Gasteiger partial charge is 0.493 e. The summed E-state index contributed by atoms with van der Waals surface area (Å²) in [5.41, 5.74) is 9.23. The van der Waals surface area contributed by atoms with Crippen LogP contribution in [0.5, 0.6) is 11.5 Å². The minimum atomic E-state index is -0.109. The lowest BCUT2D eigenvalue weighted by Gasteiger charge is -2.24. The Kier molecular flexibility index (Phi) is 7.04. The molecule has 1 atom stereocenters. The van der Waals surface area contributed by atoms with Crippen molar-refractivity contribution in [2.24, 2.45) is 0 Å². The minimum absolute atomic E-state index is 0.0872. The lowest BCUT2D eigenvalue weighted by Crippen LogP contribution is -2.36. The molecule has 0 saturated carbocycles. The molecular weight excluding hydrogens is 467 g/mol. The number of alkyl halides is 1. The number of para-hydroxylation sites is 1. The highest BCUT2D eigenvalue weighted by Crippen LogP contribution is 2.37. The number of methoxy groups -OCH3 is 1. The molecule has 1 heterocycles. The molecule has 0 radical (unpaired) electrons. The average Bonchev–Trinajstić information content (AvgIpc) is 3.03. The summed E-state index contributed by atoms with van der Waals surface area (Å²) < 4.78 is 12.5. The maximum atomic E-state index is 13.3. The zero-order valence-electron chi connectivity index (χ0n) is 16.4. The van der Waals surface area contributed by atoms with E-state index in [1.54, 1.807) is 19.2 Å². The van der Waals surface area contributed by atoms with E-state index >= 15 is 0 Å². The van der Waals surface area contributed by atoms with Crippen LogP contribution in [-0.4, -0.2) is 30.1 Å². The SMILES string of the molecule is COc1cc(C(=O)N2c3ccccc3C[C@H]2C)c(N)cc1OCCCCCI. The molecule has 0 aliphatic carbocycles. The molecule has 1 amide bonds. The number of benzene rings is 2. The number of nitrogen functional groups attached to an aromatic ring is 1. The van der Waals surface area contributed by atoms with Crippen LogP contribution < -0.4 is 20.1 Å². The quantitative estimate of drug-likeness (QED) is 0.247. The van der Waals surface area contributed by atoms with Crippen LogP contribution in [0.3, 0.4) is 0 Å². The molecule has 6 heteroatoms. The third-order valence-electron chi connectivity index (χ3n) is 5.03. The smallest absolute Gasteiger partial charge is 0.260 e. The Morgan fingerprint density at radius 1 is 1.21 bits per heavy atom. The summed E-state index contributed by atoms with van der Waals surface area (Å²) in [6, 6.07) is 11.5. The van der Waals surface area contributed by atoms with Gasteiger partial charge in [-0.05, 0) is 54.7 Å². The summed E-state index contributed by atoms with van der Waals surface area (Å²) in [5, 5.41) is 0. The monoisotopic (exact) mass is 494 g/mol. The number of carbonyl (C=O) groups excluding carboxylic acids is 1. The Hall–Kier alpha value is -1.96. The Morgan fingerprint density at radius 2 is 2.00 bits per heavy atom. The van der Waals surface area contributed by atoms with Gasteiger partial charge in [0.1, 0.15) is 0 Å². The van der Waals surface area contributed by atoms with E-state index < -0.39 is 0 Å². The van der Waals surface area contributed by atoms with Crippen molar-refractivity contribution in [1.29, 1.82) is 0 Å². The lowest BCUT2D eigenvalue weighted by molar-refractivity contribution is 0.0982. The number of ether oxygens (including phenoxy) is 2. The number of rotatable bonds is 8. The summed E-state index contributed by atoms with van der Waals surface area (Å²) in [7, 11) is 1.58. The van der Waals surface area contributed by atoms with Crippen molar-refractivity contribution in [2.75, 3.05) is 28.8 Å². The number of nitrogens with zero attached hydrogens (tertiary/aromatic N) is 1. The molecule has 0 bridgehead atoms. The van der Waals surface area contributed by atoms with Crippen LogP contribution in [0, 0.1) is 0 Å². The van der Waals surface area contributed by atoms with Crippen molar-refractivity contribution >= 4 is 39.9 Å². The highest BCUT2D eigenvalue weighted by Gasteiger charge is 2.32. The van der Waals surface area contributed by atoms with Crippen LogP contribution in [0.15, 0.2) is 36.4 Å². The molecule has 0 saturated heterocycles. The van der Waals surface area contributed by atoms with Crippen LogP contribution in [0.2, 0.25) is 0 Å². The van der Waals surface area contributed by atoms with E-state index in [2.05, 4.69) is 35.6 Å². The molecule has 5 nitrogen and oxygen atoms in total. The molecule has 0 aromatic heterocycles. The zero-order valence-corrected chi connectivity index (χ0v) is 18.6. The summed E-state index contributed by atoms with van der Waals surface area (Å²) in [4.78, 5) is 15.1. The topological polar surface area (TPSA) is 64.8 Å². The number of hydrogen-bond acceptors (Lipinski definition) is 4. The van der Waals surface area contributed by atoms with Crippen molar-refractivity contribution in [2.45, 2.75) is 38.6 Å². The van der Waals surface area contributed by atoms with Gasteiger partial charge in [-0.25, -0.2) is 0 Å². The summed E-state index contributed by atoms with van der Waals surface area (Å²) >= 11 is 2.38. The van der Waals surface area contributed by atoms with Crippen molar-refractivity contribution in [1.82, 2.24) is 0 Å². The van der Waals surface area contributed by atoms with E-state index in [1.165, 1.54) is 12.0 Å². The maximum absolute atomic E-state index is 13.3. The normalized spacial score (nSPS) is 15.4. The van der Waals surface area contributed by atoms with E-state index in [4.69, 9.17) is 15.2 Å². The highest BCUT2D eigenvalue weighted by molar-refractivity contribution is 14.1. The van der Waals surface area contributed by atoms with Gasteiger partial charge in [-0.1, -0.05) is 40.8 Å². The molecular formula is C22H27IN2O3. The maximum Gasteiger partial charge on any atom is 0.260 e. The van der Waals surface area contributed by atoms with Crippen molar-refractivity contribution < 1.29 is 14.3 Å². The third kappa shape index (κ3) is 4.37. The molecule has 28 heavy (non-hydrogen) atoms. The lowest BCUT2D eigenvalue weighted by atomic mass is 10.1. The van der Waals surface area contributed by atoms with Crippen LogP contribution in [0.25, 0.3) is 0 Å². The summed E-state index contributed by atoms with van der Waals surface area (Å²) in [6.07, 6.45) is 4.14. The van der Waals surface area contributed by atoms with Gasteiger partial charge in [-0.2, -0.15) is 0 Å². The number of amides is 1. The average molecular weight is 494 g/mol. The number of anilines is 2. The first kappa shape index (κ1) is 20.8. The second-order valence-electron chi connectivity index (χ2n) is 7.05. The summed E-state index contributed by atoms with van der Waals surface area (Å²) in [5.74, 6) is 1.01. The van der Waals surface area contributed by atoms with Gasteiger partial charge in [0.25, 0.3) is 5.91 Å². The van der Waals surface area contributed by atoms with Crippen LogP contribution >= 0.6 is 22.6 Å². The molecule has 0 fully saturated rings. The van der Waals surface area contributed by atoms with E-state index in [9.17, 15) is 4.79 Å². The van der Waals surface area contributed by atoms with Crippen LogP contribution in [0.4, 0.5) is 11.4 Å². The van der Waals surface area contributed by atoms with Crippen LogP contribution in [0.1, 0.15) is 42.1 Å². The first-order valence-corrected chi connectivity index (χ1v) is 11.2. The standard InChI is InChI=1S/C22H27IN2O3/c1-15-12-16-8-4-5-9-19(16)25(15)22(26)17-13-20(27-2)21(14-18(17)24)28-11-7-3-6-10-23/h4-5,8-9,13-15H,3,6-7,10-12,24H2,1-2H3/t15-/m1/s1. The van der Waals surface area contributed by atoms with Crippen molar-refractivity contribution in [3.8, 4) is 11.5 Å². The van der Waals surface area contributed by atoms with Gasteiger partial charge >= 0.3 is 0 Å². The molecule has 1 aliphatic rings. The van der Waals surface area contributed by atoms with Gasteiger partial charge in [0, 0.05) is 23.5 Å². The Bertz CT molecular complexity index is 841. The first-order chi connectivity index (χ1) is 13.6. The Balaban J connectivity index is 1.81. The van der Waals surface area contributed by atoms with Gasteiger partial charge in [-0.3, -0.25) is 4.79 Å². The second-order valence-corrected chi connectivity index (χ2v) is 8.12. The fourth-order valence-corrected chi connectivity index (χ4v) is 4.13. The number of unbranched alkanes of at least 4 members (excludes halogenated alkanes) is 2. The Morgan fingerprint density at radius 3 is 2.75 bits per heavy atom. The molecule has 2 N–H and O–H groups in total. The first-order valence-electron chi connectivity index (χ1n) is 9.64. The second kappa shape index (κ2) is 9.49. The Labute approximate surface area is 180 Å².